The summed E-state index contributed by atoms with van der Waals surface area (Å²) in [6, 6.07) is 18.0. The van der Waals surface area contributed by atoms with E-state index in [9.17, 15) is 9.90 Å². The lowest BCUT2D eigenvalue weighted by Crippen LogP contribution is -2.06. The Balaban J connectivity index is 1.83. The largest absolute Gasteiger partial charge is 0.493 e. The normalized spacial score (nSPS) is 10.4. The fraction of sp³-hybridized carbons (Fsp3) is 0.136. The Bertz CT molecular complexity index is 1010. The number of hydrogen-bond donors (Lipinski definition) is 2. The minimum absolute atomic E-state index is 0.0286. The Morgan fingerprint density at radius 3 is 2.52 bits per heavy atom. The number of aromatic carboxylic acids is 1. The van der Waals surface area contributed by atoms with Gasteiger partial charge in [0.25, 0.3) is 0 Å². The van der Waals surface area contributed by atoms with Crippen LogP contribution in [0.4, 0.5) is 5.69 Å². The van der Waals surface area contributed by atoms with Crippen molar-refractivity contribution in [3.05, 3.63) is 87.4 Å². The monoisotopic (exact) mass is 431 g/mol. The molecule has 0 aliphatic rings. The number of rotatable bonds is 8. The first kappa shape index (κ1) is 20.8. The molecule has 3 aromatic carbocycles. The maximum atomic E-state index is 11.3. The average Bonchev–Trinajstić information content (AvgIpc) is 2.72. The van der Waals surface area contributed by atoms with Crippen LogP contribution in [0.1, 0.15) is 21.5 Å². The van der Waals surface area contributed by atoms with E-state index in [2.05, 4.69) is 5.32 Å². The van der Waals surface area contributed by atoms with E-state index in [-0.39, 0.29) is 10.6 Å². The maximum absolute atomic E-state index is 11.3. The number of ether oxygens (including phenoxy) is 2. The summed E-state index contributed by atoms with van der Waals surface area (Å²) in [5.74, 6) is 0.00296. The first-order chi connectivity index (χ1) is 14.0. The fourth-order valence-corrected chi connectivity index (χ4v) is 3.22. The Labute approximate surface area is 178 Å². The summed E-state index contributed by atoms with van der Waals surface area (Å²) >= 11 is 12.2. The lowest BCUT2D eigenvalue weighted by atomic mass is 10.1. The van der Waals surface area contributed by atoms with Crippen LogP contribution >= 0.6 is 23.2 Å². The van der Waals surface area contributed by atoms with Gasteiger partial charge >= 0.3 is 5.97 Å². The third-order valence-corrected chi connectivity index (χ3v) is 4.77. The van der Waals surface area contributed by atoms with Crippen molar-refractivity contribution in [2.45, 2.75) is 13.2 Å². The van der Waals surface area contributed by atoms with Crippen LogP contribution in [-0.2, 0) is 13.2 Å². The van der Waals surface area contributed by atoms with Gasteiger partial charge in [-0.25, -0.2) is 4.79 Å². The zero-order chi connectivity index (χ0) is 20.8. The van der Waals surface area contributed by atoms with Gasteiger partial charge in [-0.2, -0.15) is 0 Å². The predicted octanol–water partition coefficient (Wildman–Crippen LogP) is 5.89. The summed E-state index contributed by atoms with van der Waals surface area (Å²) in [4.78, 5) is 11.3. The molecular weight excluding hydrogens is 413 g/mol. The van der Waals surface area contributed by atoms with Gasteiger partial charge in [0.1, 0.15) is 6.61 Å². The van der Waals surface area contributed by atoms with E-state index >= 15 is 0 Å². The smallest absolute Gasteiger partial charge is 0.337 e. The fourth-order valence-electron chi connectivity index (χ4n) is 2.80. The number of nitrogens with one attached hydrogen (secondary N) is 1. The molecule has 0 aliphatic carbocycles. The lowest BCUT2D eigenvalue weighted by molar-refractivity contribution is 0.0697. The van der Waals surface area contributed by atoms with Gasteiger partial charge in [0.2, 0.25) is 0 Å². The van der Waals surface area contributed by atoms with Crippen LogP contribution in [0, 0.1) is 0 Å². The van der Waals surface area contributed by atoms with Crippen molar-refractivity contribution in [1.29, 1.82) is 0 Å². The van der Waals surface area contributed by atoms with Gasteiger partial charge in [-0.3, -0.25) is 0 Å². The van der Waals surface area contributed by atoms with E-state index in [0.29, 0.717) is 35.4 Å². The van der Waals surface area contributed by atoms with Crippen LogP contribution in [0.3, 0.4) is 0 Å². The summed E-state index contributed by atoms with van der Waals surface area (Å²) in [5.41, 5.74) is 2.44. The number of carboxylic acids is 1. The van der Waals surface area contributed by atoms with Crippen molar-refractivity contribution in [2.75, 3.05) is 12.4 Å². The molecule has 0 heterocycles. The third-order valence-electron chi connectivity index (χ3n) is 4.22. The minimum Gasteiger partial charge on any atom is -0.493 e. The van der Waals surface area contributed by atoms with Crippen LogP contribution in [0.5, 0.6) is 11.5 Å². The highest BCUT2D eigenvalue weighted by atomic mass is 35.5. The zero-order valence-electron chi connectivity index (χ0n) is 15.6. The molecule has 29 heavy (non-hydrogen) atoms. The Kier molecular flexibility index (Phi) is 6.86. The van der Waals surface area contributed by atoms with Crippen molar-refractivity contribution in [2.24, 2.45) is 0 Å². The molecule has 0 bridgehead atoms. The van der Waals surface area contributed by atoms with Crippen molar-refractivity contribution >= 4 is 34.9 Å². The third kappa shape index (κ3) is 5.34. The van der Waals surface area contributed by atoms with E-state index in [1.165, 1.54) is 6.07 Å². The predicted molar refractivity (Wildman–Crippen MR) is 115 cm³/mol. The van der Waals surface area contributed by atoms with Gasteiger partial charge in [-0.15, -0.1) is 0 Å². The first-order valence-corrected chi connectivity index (χ1v) is 9.53. The molecule has 0 saturated heterocycles. The maximum Gasteiger partial charge on any atom is 0.337 e. The molecule has 0 saturated carbocycles. The Morgan fingerprint density at radius 1 is 1.07 bits per heavy atom. The molecule has 150 valence electrons. The molecule has 7 heteroatoms. The highest BCUT2D eigenvalue weighted by molar-refractivity contribution is 6.33. The molecule has 3 rings (SSSR count). The molecule has 0 aromatic heterocycles. The van der Waals surface area contributed by atoms with Crippen molar-refractivity contribution < 1.29 is 19.4 Å². The molecule has 3 aromatic rings. The summed E-state index contributed by atoms with van der Waals surface area (Å²) in [6.07, 6.45) is 0. The van der Waals surface area contributed by atoms with Gasteiger partial charge in [0.05, 0.1) is 17.7 Å². The topological polar surface area (TPSA) is 67.8 Å². The Morgan fingerprint density at radius 2 is 1.83 bits per heavy atom. The van der Waals surface area contributed by atoms with Crippen LogP contribution in [0.2, 0.25) is 10.0 Å². The number of hydrogen-bond acceptors (Lipinski definition) is 4. The molecule has 0 amide bonds. The molecule has 0 spiro atoms. The van der Waals surface area contributed by atoms with Crippen molar-refractivity contribution in [3.63, 3.8) is 0 Å². The van der Waals surface area contributed by atoms with Crippen molar-refractivity contribution in [1.82, 2.24) is 0 Å². The SMILES string of the molecule is COc1cc(Cl)cc(CNc2ccc(Cl)c(C(=O)O)c2)c1OCc1ccccc1. The lowest BCUT2D eigenvalue weighted by Gasteiger charge is -2.17. The second kappa shape index (κ2) is 9.54. The summed E-state index contributed by atoms with van der Waals surface area (Å²) < 4.78 is 11.5. The second-order valence-electron chi connectivity index (χ2n) is 6.22. The highest BCUT2D eigenvalue weighted by Crippen LogP contribution is 2.36. The molecular formula is C22H19Cl2NO4. The number of anilines is 1. The average molecular weight is 432 g/mol. The number of carboxylic acid groups (broad SMARTS) is 1. The van der Waals surface area contributed by atoms with Gasteiger partial charge in [0, 0.05) is 28.9 Å². The van der Waals surface area contributed by atoms with E-state index in [1.54, 1.807) is 31.4 Å². The van der Waals surface area contributed by atoms with E-state index in [4.69, 9.17) is 32.7 Å². The zero-order valence-corrected chi connectivity index (χ0v) is 17.1. The van der Waals surface area contributed by atoms with Gasteiger partial charge in [0.15, 0.2) is 11.5 Å². The Hall–Kier alpha value is -2.89. The van der Waals surface area contributed by atoms with Crippen LogP contribution in [0.15, 0.2) is 60.7 Å². The standard InChI is InChI=1S/C22H19Cl2NO4/c1-28-20-10-16(23)9-15(21(20)29-13-14-5-3-2-4-6-14)12-25-17-7-8-19(24)18(11-17)22(26)27/h2-11,25H,12-13H2,1H3,(H,26,27). The van der Waals surface area contributed by atoms with Crippen LogP contribution < -0.4 is 14.8 Å². The summed E-state index contributed by atoms with van der Waals surface area (Å²) in [5, 5.41) is 13.1. The van der Waals surface area contributed by atoms with E-state index in [1.807, 2.05) is 30.3 Å². The molecule has 0 unspecified atom stereocenters. The van der Waals surface area contributed by atoms with E-state index < -0.39 is 5.97 Å². The molecule has 0 fully saturated rings. The number of methoxy groups -OCH3 is 1. The van der Waals surface area contributed by atoms with Gasteiger partial charge in [-0.05, 0) is 29.8 Å². The van der Waals surface area contributed by atoms with Crippen molar-refractivity contribution in [3.8, 4) is 11.5 Å². The van der Waals surface area contributed by atoms with Gasteiger partial charge in [-0.1, -0.05) is 53.5 Å². The van der Waals surface area contributed by atoms with E-state index in [0.717, 1.165) is 11.1 Å². The first-order valence-electron chi connectivity index (χ1n) is 8.77. The molecule has 0 atom stereocenters. The second-order valence-corrected chi connectivity index (χ2v) is 7.07. The summed E-state index contributed by atoms with van der Waals surface area (Å²) in [7, 11) is 1.55. The number of carbonyl (C=O) groups is 1. The number of benzene rings is 3. The minimum atomic E-state index is -1.09. The molecule has 5 nitrogen and oxygen atoms in total. The van der Waals surface area contributed by atoms with Crippen LogP contribution in [0.25, 0.3) is 0 Å². The summed E-state index contributed by atoms with van der Waals surface area (Å²) in [6.45, 7) is 0.720. The highest BCUT2D eigenvalue weighted by Gasteiger charge is 2.14. The molecule has 0 aliphatic heterocycles. The quantitative estimate of drug-likeness (QED) is 0.465. The van der Waals surface area contributed by atoms with Gasteiger partial charge < -0.3 is 19.9 Å². The molecule has 2 N–H and O–H groups in total. The number of halogens is 2. The molecule has 0 radical (unpaired) electrons. The van der Waals surface area contributed by atoms with Crippen LogP contribution in [-0.4, -0.2) is 18.2 Å².